The van der Waals surface area contributed by atoms with Gasteiger partial charge in [-0.15, -0.1) is 11.3 Å². The Morgan fingerprint density at radius 3 is 2.86 bits per heavy atom. The molecule has 1 atom stereocenters. The molecular weight excluding hydrogens is 454 g/mol. The predicted molar refractivity (Wildman–Crippen MR) is 120 cm³/mol. The van der Waals surface area contributed by atoms with E-state index in [9.17, 15) is 9.59 Å². The Labute approximate surface area is 183 Å². The van der Waals surface area contributed by atoms with Crippen LogP contribution in [-0.2, 0) is 22.4 Å². The van der Waals surface area contributed by atoms with Gasteiger partial charge in [0.2, 0.25) is 5.91 Å². The van der Waals surface area contributed by atoms with Gasteiger partial charge in [0.25, 0.3) is 0 Å². The number of carbonyl (C=O) groups excluding carboxylic acids is 2. The van der Waals surface area contributed by atoms with Gasteiger partial charge < -0.3 is 14.8 Å². The van der Waals surface area contributed by atoms with Gasteiger partial charge in [0, 0.05) is 11.0 Å². The topological polar surface area (TPSA) is 64.6 Å². The van der Waals surface area contributed by atoms with Gasteiger partial charge in [-0.2, -0.15) is 0 Å². The maximum Gasteiger partial charge on any atom is 0.341 e. The summed E-state index contributed by atoms with van der Waals surface area (Å²) in [6.45, 7) is 4.30. The molecule has 1 aromatic heterocycles. The Balaban J connectivity index is 1.80. The van der Waals surface area contributed by atoms with Gasteiger partial charge >= 0.3 is 5.97 Å². The van der Waals surface area contributed by atoms with Crippen LogP contribution in [0.1, 0.15) is 46.6 Å². The lowest BCUT2D eigenvalue weighted by atomic mass is 9.88. The van der Waals surface area contributed by atoms with E-state index in [0.717, 1.165) is 40.6 Å². The van der Waals surface area contributed by atoms with Crippen molar-refractivity contribution in [2.45, 2.75) is 33.1 Å². The van der Waals surface area contributed by atoms with Gasteiger partial charge in [-0.05, 0) is 77.4 Å². The van der Waals surface area contributed by atoms with Crippen LogP contribution in [0.3, 0.4) is 0 Å². The fraction of sp³-hybridized carbons (Fsp3) is 0.364. The van der Waals surface area contributed by atoms with Crippen LogP contribution in [0.5, 0.6) is 5.75 Å². The highest BCUT2D eigenvalue weighted by Gasteiger charge is 2.28. The smallest absolute Gasteiger partial charge is 0.341 e. The van der Waals surface area contributed by atoms with Gasteiger partial charge in [0.05, 0.1) is 23.8 Å². The molecular formula is C22H24BrNO4S. The van der Waals surface area contributed by atoms with Crippen molar-refractivity contribution in [3.05, 3.63) is 50.3 Å². The van der Waals surface area contributed by atoms with Crippen LogP contribution in [0.4, 0.5) is 5.00 Å². The van der Waals surface area contributed by atoms with Gasteiger partial charge in [-0.3, -0.25) is 4.79 Å². The summed E-state index contributed by atoms with van der Waals surface area (Å²) in [5.41, 5.74) is 2.41. The number of hydrogen-bond donors (Lipinski definition) is 1. The largest absolute Gasteiger partial charge is 0.496 e. The number of anilines is 1. The summed E-state index contributed by atoms with van der Waals surface area (Å²) in [5.74, 6) is 0.657. The van der Waals surface area contributed by atoms with Gasteiger partial charge in [0.15, 0.2) is 0 Å². The van der Waals surface area contributed by atoms with Crippen molar-refractivity contribution in [3.8, 4) is 5.75 Å². The SMILES string of the molecule is CCOC(=O)c1c(NC(=O)C=Cc2ccc(OC)c(Br)c2)sc2c1CCC(C)C2. The average molecular weight is 478 g/mol. The van der Waals surface area contributed by atoms with Crippen LogP contribution in [0.25, 0.3) is 6.08 Å². The number of esters is 1. The molecule has 1 N–H and O–H groups in total. The van der Waals surface area contributed by atoms with Gasteiger partial charge in [-0.1, -0.05) is 13.0 Å². The second kappa shape index (κ2) is 9.59. The minimum absolute atomic E-state index is 0.283. The molecule has 2 aromatic rings. The molecule has 3 rings (SSSR count). The highest BCUT2D eigenvalue weighted by Crippen LogP contribution is 2.40. The molecule has 0 radical (unpaired) electrons. The second-order valence-corrected chi connectivity index (χ2v) is 8.95. The molecule has 5 nitrogen and oxygen atoms in total. The average Bonchev–Trinajstić information content (AvgIpc) is 3.03. The molecule has 0 aliphatic heterocycles. The minimum Gasteiger partial charge on any atom is -0.496 e. The highest BCUT2D eigenvalue weighted by molar-refractivity contribution is 9.10. The summed E-state index contributed by atoms with van der Waals surface area (Å²) in [6.07, 6.45) is 5.99. The zero-order valence-corrected chi connectivity index (χ0v) is 19.1. The fourth-order valence-electron chi connectivity index (χ4n) is 3.37. The predicted octanol–water partition coefficient (Wildman–Crippen LogP) is 5.47. The van der Waals surface area contributed by atoms with E-state index in [1.54, 1.807) is 20.1 Å². The molecule has 0 saturated heterocycles. The summed E-state index contributed by atoms with van der Waals surface area (Å²) in [4.78, 5) is 26.2. The van der Waals surface area contributed by atoms with E-state index < -0.39 is 0 Å². The fourth-order valence-corrected chi connectivity index (χ4v) is 5.33. The van der Waals surface area contributed by atoms with E-state index in [1.807, 2.05) is 18.2 Å². The third-order valence-electron chi connectivity index (χ3n) is 4.83. The van der Waals surface area contributed by atoms with E-state index in [2.05, 4.69) is 28.2 Å². The lowest BCUT2D eigenvalue weighted by Gasteiger charge is -2.18. The molecule has 1 unspecified atom stereocenters. The van der Waals surface area contributed by atoms with Crippen molar-refractivity contribution in [2.24, 2.45) is 5.92 Å². The first kappa shape index (κ1) is 21.6. The van der Waals surface area contributed by atoms with Crippen molar-refractivity contribution in [2.75, 3.05) is 19.0 Å². The molecule has 0 bridgehead atoms. The number of rotatable bonds is 6. The van der Waals surface area contributed by atoms with Crippen molar-refractivity contribution >= 4 is 50.2 Å². The third-order valence-corrected chi connectivity index (χ3v) is 6.62. The number of methoxy groups -OCH3 is 1. The number of hydrogen-bond acceptors (Lipinski definition) is 5. The number of ether oxygens (including phenoxy) is 2. The first-order chi connectivity index (χ1) is 13.9. The highest BCUT2D eigenvalue weighted by atomic mass is 79.9. The maximum absolute atomic E-state index is 12.5. The van der Waals surface area contributed by atoms with Crippen LogP contribution < -0.4 is 10.1 Å². The number of carbonyl (C=O) groups is 2. The number of amides is 1. The molecule has 7 heteroatoms. The molecule has 1 aromatic carbocycles. The Hall–Kier alpha value is -2.12. The summed E-state index contributed by atoms with van der Waals surface area (Å²) < 4.78 is 11.3. The molecule has 0 saturated carbocycles. The molecule has 1 aliphatic carbocycles. The van der Waals surface area contributed by atoms with Crippen molar-refractivity contribution in [1.82, 2.24) is 0 Å². The second-order valence-electron chi connectivity index (χ2n) is 6.99. The normalized spacial score (nSPS) is 15.8. The molecule has 1 heterocycles. The van der Waals surface area contributed by atoms with E-state index in [-0.39, 0.29) is 11.9 Å². The van der Waals surface area contributed by atoms with Crippen LogP contribution in [0, 0.1) is 5.92 Å². The number of fused-ring (bicyclic) bond motifs is 1. The van der Waals surface area contributed by atoms with E-state index in [0.29, 0.717) is 23.1 Å². The maximum atomic E-state index is 12.5. The Bertz CT molecular complexity index is 951. The minimum atomic E-state index is -0.363. The monoisotopic (exact) mass is 477 g/mol. The first-order valence-corrected chi connectivity index (χ1v) is 11.2. The first-order valence-electron chi connectivity index (χ1n) is 9.57. The number of thiophene rings is 1. The molecule has 154 valence electrons. The number of benzene rings is 1. The lowest BCUT2D eigenvalue weighted by molar-refractivity contribution is -0.111. The molecule has 29 heavy (non-hydrogen) atoms. The van der Waals surface area contributed by atoms with Crippen LogP contribution in [0.2, 0.25) is 0 Å². The third kappa shape index (κ3) is 5.08. The molecule has 0 spiro atoms. The van der Waals surface area contributed by atoms with Gasteiger partial charge in [0.1, 0.15) is 10.8 Å². The Morgan fingerprint density at radius 1 is 1.38 bits per heavy atom. The van der Waals surface area contributed by atoms with Crippen LogP contribution >= 0.6 is 27.3 Å². The summed E-state index contributed by atoms with van der Waals surface area (Å²) in [7, 11) is 1.60. The summed E-state index contributed by atoms with van der Waals surface area (Å²) in [6, 6.07) is 5.57. The molecule has 1 aliphatic rings. The van der Waals surface area contributed by atoms with Crippen molar-refractivity contribution in [3.63, 3.8) is 0 Å². The zero-order valence-electron chi connectivity index (χ0n) is 16.7. The quantitative estimate of drug-likeness (QED) is 0.442. The summed E-state index contributed by atoms with van der Waals surface area (Å²) >= 11 is 4.92. The van der Waals surface area contributed by atoms with Crippen LogP contribution in [-0.4, -0.2) is 25.6 Å². The van der Waals surface area contributed by atoms with E-state index in [4.69, 9.17) is 9.47 Å². The number of halogens is 1. The molecule has 0 fully saturated rings. The Kier molecular flexibility index (Phi) is 7.14. The van der Waals surface area contributed by atoms with Crippen LogP contribution in [0.15, 0.2) is 28.7 Å². The van der Waals surface area contributed by atoms with Crippen molar-refractivity contribution < 1.29 is 19.1 Å². The standard InChI is InChI=1S/C22H24BrNO4S/c1-4-28-22(26)20-15-8-5-13(2)11-18(15)29-21(20)24-19(25)10-7-14-6-9-17(27-3)16(23)12-14/h6-7,9-10,12-13H,4-5,8,11H2,1-3H3,(H,24,25). The van der Waals surface area contributed by atoms with E-state index in [1.165, 1.54) is 22.3 Å². The number of nitrogens with one attached hydrogen (secondary N) is 1. The zero-order chi connectivity index (χ0) is 21.0. The van der Waals surface area contributed by atoms with E-state index >= 15 is 0 Å². The summed E-state index contributed by atoms with van der Waals surface area (Å²) in [5, 5.41) is 3.46. The van der Waals surface area contributed by atoms with Gasteiger partial charge in [-0.25, -0.2) is 4.79 Å². The molecule has 1 amide bonds. The lowest BCUT2D eigenvalue weighted by Crippen LogP contribution is -2.15. The van der Waals surface area contributed by atoms with Crippen molar-refractivity contribution in [1.29, 1.82) is 0 Å². The Morgan fingerprint density at radius 2 is 2.17 bits per heavy atom.